The summed E-state index contributed by atoms with van der Waals surface area (Å²) in [4.78, 5) is 27.1. The minimum Gasteiger partial charge on any atom is -0.488 e. The highest BCUT2D eigenvalue weighted by atomic mass is 32.1. The number of methoxy groups -OCH3 is 2. The molecule has 0 aromatic carbocycles. The Kier molecular flexibility index (Phi) is 5.50. The molecule has 12 heteroatoms. The van der Waals surface area contributed by atoms with Crippen LogP contribution in [0, 0.1) is 6.92 Å². The molecule has 1 N–H and O–H groups in total. The molecule has 3 aromatic heterocycles. The number of aromatic nitrogens is 4. The Balaban J connectivity index is 1.58. The third kappa shape index (κ3) is 3.66. The zero-order valence-corrected chi connectivity index (χ0v) is 17.4. The normalized spacial score (nSPS) is 15.7. The van der Waals surface area contributed by atoms with Crippen molar-refractivity contribution in [3.05, 3.63) is 40.2 Å². The summed E-state index contributed by atoms with van der Waals surface area (Å²) in [6.07, 6.45) is 2.56. The maximum absolute atomic E-state index is 12.7. The first-order valence-electron chi connectivity index (χ1n) is 9.15. The lowest BCUT2D eigenvalue weighted by Crippen LogP contribution is -2.50. The molecular formula is C18H20N6O5S. The Bertz CT molecular complexity index is 1120. The summed E-state index contributed by atoms with van der Waals surface area (Å²) in [5.74, 6) is -0.703. The number of hydrogen-bond acceptors (Lipinski definition) is 10. The second kappa shape index (κ2) is 8.24. The highest BCUT2D eigenvalue weighted by Crippen LogP contribution is 2.33. The molecule has 0 bridgehead atoms. The van der Waals surface area contributed by atoms with Gasteiger partial charge in [-0.05, 0) is 19.4 Å². The minimum atomic E-state index is -0.728. The second-order valence-corrected chi connectivity index (χ2v) is 7.59. The van der Waals surface area contributed by atoms with Crippen LogP contribution < -0.4 is 20.6 Å². The molecule has 158 valence electrons. The summed E-state index contributed by atoms with van der Waals surface area (Å²) in [5.41, 5.74) is 0.653. The van der Waals surface area contributed by atoms with Gasteiger partial charge in [-0.2, -0.15) is 5.10 Å². The molecule has 1 fully saturated rings. The third-order valence-corrected chi connectivity index (χ3v) is 5.59. The van der Waals surface area contributed by atoms with E-state index < -0.39 is 11.5 Å². The van der Waals surface area contributed by atoms with Crippen molar-refractivity contribution in [3.8, 4) is 10.9 Å². The van der Waals surface area contributed by atoms with Crippen molar-refractivity contribution in [1.29, 1.82) is 0 Å². The van der Waals surface area contributed by atoms with Crippen LogP contribution in [-0.2, 0) is 4.74 Å². The predicted octanol–water partition coefficient (Wildman–Crippen LogP) is 1.47. The van der Waals surface area contributed by atoms with E-state index in [-0.39, 0.29) is 22.7 Å². The molecule has 1 aliphatic rings. The lowest BCUT2D eigenvalue weighted by atomic mass is 10.0. The summed E-state index contributed by atoms with van der Waals surface area (Å²) < 4.78 is 17.2. The SMILES string of the molecule is COC[C@H]1CCN1c1cc(C(=O)Nc2nnc(-n3nccc3C)s2)oc(=O)c1OC. The second-order valence-electron chi connectivity index (χ2n) is 6.64. The van der Waals surface area contributed by atoms with E-state index in [9.17, 15) is 9.59 Å². The highest BCUT2D eigenvalue weighted by molar-refractivity contribution is 7.17. The van der Waals surface area contributed by atoms with Gasteiger partial charge in [0.2, 0.25) is 16.0 Å². The van der Waals surface area contributed by atoms with Crippen LogP contribution in [0.15, 0.2) is 27.5 Å². The van der Waals surface area contributed by atoms with Crippen molar-refractivity contribution >= 4 is 28.1 Å². The third-order valence-electron chi connectivity index (χ3n) is 4.78. The smallest absolute Gasteiger partial charge is 0.381 e. The van der Waals surface area contributed by atoms with Crippen molar-refractivity contribution < 1.29 is 18.7 Å². The molecule has 0 unspecified atom stereocenters. The Morgan fingerprint density at radius 2 is 2.23 bits per heavy atom. The van der Waals surface area contributed by atoms with E-state index in [2.05, 4.69) is 20.6 Å². The largest absolute Gasteiger partial charge is 0.488 e. The molecule has 4 heterocycles. The molecule has 3 aromatic rings. The molecule has 0 aliphatic carbocycles. The van der Waals surface area contributed by atoms with E-state index >= 15 is 0 Å². The maximum atomic E-state index is 12.7. The van der Waals surface area contributed by atoms with Crippen LogP contribution in [-0.4, -0.2) is 59.3 Å². The van der Waals surface area contributed by atoms with Gasteiger partial charge in [-0.3, -0.25) is 10.1 Å². The summed E-state index contributed by atoms with van der Waals surface area (Å²) in [6.45, 7) is 3.11. The van der Waals surface area contributed by atoms with Gasteiger partial charge in [0.25, 0.3) is 5.91 Å². The van der Waals surface area contributed by atoms with Crippen molar-refractivity contribution in [2.75, 3.05) is 37.6 Å². The Labute approximate surface area is 175 Å². The van der Waals surface area contributed by atoms with Crippen LogP contribution in [0.5, 0.6) is 5.75 Å². The number of rotatable bonds is 7. The van der Waals surface area contributed by atoms with Crippen LogP contribution in [0.1, 0.15) is 22.7 Å². The molecule has 0 saturated carbocycles. The van der Waals surface area contributed by atoms with Gasteiger partial charge in [0, 0.05) is 31.6 Å². The molecule has 0 radical (unpaired) electrons. The number of ether oxygens (including phenoxy) is 2. The fourth-order valence-electron chi connectivity index (χ4n) is 3.19. The van der Waals surface area contributed by atoms with E-state index in [1.165, 1.54) is 13.2 Å². The van der Waals surface area contributed by atoms with E-state index in [1.54, 1.807) is 18.0 Å². The quantitative estimate of drug-likeness (QED) is 0.591. The minimum absolute atomic E-state index is 0.0553. The van der Waals surface area contributed by atoms with Crippen molar-refractivity contribution in [2.45, 2.75) is 19.4 Å². The van der Waals surface area contributed by atoms with Gasteiger partial charge < -0.3 is 18.8 Å². The molecule has 1 saturated heterocycles. The fraction of sp³-hybridized carbons (Fsp3) is 0.389. The Hall–Kier alpha value is -3.25. The molecule has 11 nitrogen and oxygen atoms in total. The van der Waals surface area contributed by atoms with Gasteiger partial charge in [-0.15, -0.1) is 10.2 Å². The molecule has 1 aliphatic heterocycles. The van der Waals surface area contributed by atoms with Gasteiger partial charge >= 0.3 is 5.63 Å². The first-order chi connectivity index (χ1) is 14.5. The van der Waals surface area contributed by atoms with E-state index in [0.717, 1.165) is 30.0 Å². The number of carbonyl (C=O) groups excluding carboxylic acids is 1. The zero-order chi connectivity index (χ0) is 21.3. The number of nitrogens with one attached hydrogen (secondary N) is 1. The summed E-state index contributed by atoms with van der Waals surface area (Å²) in [6, 6.07) is 3.43. The highest BCUT2D eigenvalue weighted by Gasteiger charge is 2.32. The van der Waals surface area contributed by atoms with E-state index in [4.69, 9.17) is 13.9 Å². The molecule has 1 amide bonds. The van der Waals surface area contributed by atoms with E-state index in [1.807, 2.05) is 17.9 Å². The van der Waals surface area contributed by atoms with Crippen molar-refractivity contribution in [2.24, 2.45) is 0 Å². The number of carbonyl (C=O) groups is 1. The van der Waals surface area contributed by atoms with Crippen LogP contribution >= 0.6 is 11.3 Å². The predicted molar refractivity (Wildman–Crippen MR) is 109 cm³/mol. The average Bonchev–Trinajstić information content (AvgIpc) is 3.33. The van der Waals surface area contributed by atoms with Crippen LogP contribution in [0.3, 0.4) is 0 Å². The van der Waals surface area contributed by atoms with Gasteiger partial charge in [-0.1, -0.05) is 11.3 Å². The topological polar surface area (TPSA) is 125 Å². The summed E-state index contributed by atoms with van der Waals surface area (Å²) in [5, 5.41) is 15.5. The van der Waals surface area contributed by atoms with Crippen LogP contribution in [0.25, 0.3) is 5.13 Å². The fourth-order valence-corrected chi connectivity index (χ4v) is 3.94. The Morgan fingerprint density at radius 3 is 2.87 bits per heavy atom. The van der Waals surface area contributed by atoms with E-state index in [0.29, 0.717) is 17.4 Å². The molecule has 1 atom stereocenters. The summed E-state index contributed by atoms with van der Waals surface area (Å²) in [7, 11) is 3.01. The zero-order valence-electron chi connectivity index (χ0n) is 16.6. The lowest BCUT2D eigenvalue weighted by Gasteiger charge is -2.42. The van der Waals surface area contributed by atoms with Crippen molar-refractivity contribution in [1.82, 2.24) is 20.0 Å². The number of amides is 1. The standard InChI is InChI=1S/C18H20N6O5S/c1-10-4-6-19-24(10)18-22-21-17(30-18)20-15(25)13-8-12(14(28-3)16(26)29-13)23-7-5-11(23)9-27-2/h4,6,8,11H,5,7,9H2,1-3H3,(H,20,21,25)/t11-/m1/s1. The first kappa shape index (κ1) is 20.0. The number of anilines is 2. The molecule has 30 heavy (non-hydrogen) atoms. The van der Waals surface area contributed by atoms with Gasteiger partial charge in [0.1, 0.15) is 0 Å². The average molecular weight is 432 g/mol. The van der Waals surface area contributed by atoms with Gasteiger partial charge in [0.15, 0.2) is 5.76 Å². The van der Waals surface area contributed by atoms with Crippen molar-refractivity contribution in [3.63, 3.8) is 0 Å². The lowest BCUT2D eigenvalue weighted by molar-refractivity contribution is 0.0991. The van der Waals surface area contributed by atoms with Crippen LogP contribution in [0.4, 0.5) is 10.8 Å². The Morgan fingerprint density at radius 1 is 1.40 bits per heavy atom. The van der Waals surface area contributed by atoms with Gasteiger partial charge in [-0.25, -0.2) is 9.48 Å². The molecule has 0 spiro atoms. The van der Waals surface area contributed by atoms with Crippen LogP contribution in [0.2, 0.25) is 0 Å². The number of hydrogen-bond donors (Lipinski definition) is 1. The molecular weight excluding hydrogens is 412 g/mol. The first-order valence-corrected chi connectivity index (χ1v) is 9.97. The number of nitrogens with zero attached hydrogens (tertiary/aromatic N) is 5. The van der Waals surface area contributed by atoms with Gasteiger partial charge in [0.05, 0.1) is 25.4 Å². The maximum Gasteiger partial charge on any atom is 0.381 e. The summed E-state index contributed by atoms with van der Waals surface area (Å²) >= 11 is 1.15. The number of aryl methyl sites for hydroxylation is 1. The monoisotopic (exact) mass is 432 g/mol. The molecule has 4 rings (SSSR count).